The number of sulfone groups is 1. The second-order valence-corrected chi connectivity index (χ2v) is 6.66. The molecule has 0 bridgehead atoms. The van der Waals surface area contributed by atoms with Crippen molar-refractivity contribution in [1.29, 1.82) is 0 Å². The van der Waals surface area contributed by atoms with Crippen molar-refractivity contribution in [3.05, 3.63) is 58.0 Å². The van der Waals surface area contributed by atoms with Crippen molar-refractivity contribution in [3.8, 4) is 0 Å². The molecule has 5 nitrogen and oxygen atoms in total. The summed E-state index contributed by atoms with van der Waals surface area (Å²) >= 11 is 5.90. The smallest absolute Gasteiger partial charge is 0.250 e. The molecular weight excluding hydrogens is 300 g/mol. The number of anilines is 1. The molecule has 0 saturated heterocycles. The minimum absolute atomic E-state index is 0.0483. The van der Waals surface area contributed by atoms with E-state index in [1.165, 1.54) is 29.0 Å². The van der Waals surface area contributed by atoms with Crippen LogP contribution in [-0.2, 0) is 16.4 Å². The van der Waals surface area contributed by atoms with E-state index in [2.05, 4.69) is 0 Å². The molecule has 0 aliphatic heterocycles. The van der Waals surface area contributed by atoms with Crippen molar-refractivity contribution in [2.75, 3.05) is 11.5 Å². The van der Waals surface area contributed by atoms with Crippen LogP contribution in [0, 0.1) is 0 Å². The lowest BCUT2D eigenvalue weighted by atomic mass is 10.3. The SMILES string of the molecule is Nc1cccc(Cl)c1S(=O)(=O)CCn1ccccc1=O. The van der Waals surface area contributed by atoms with Crippen LogP contribution in [0.4, 0.5) is 5.69 Å². The standard InChI is InChI=1S/C13H13ClN2O3S/c14-10-4-3-5-11(15)13(10)20(18,19)9-8-16-7-2-1-6-12(16)17/h1-7H,8-9,15H2. The predicted molar refractivity (Wildman–Crippen MR) is 78.6 cm³/mol. The van der Waals surface area contributed by atoms with E-state index in [1.807, 2.05) is 0 Å². The van der Waals surface area contributed by atoms with Gasteiger partial charge in [0.05, 0.1) is 16.5 Å². The van der Waals surface area contributed by atoms with Crippen LogP contribution in [0.3, 0.4) is 0 Å². The Morgan fingerprint density at radius 3 is 2.55 bits per heavy atom. The van der Waals surface area contributed by atoms with Gasteiger partial charge in [0.1, 0.15) is 4.90 Å². The third-order valence-electron chi connectivity index (χ3n) is 2.81. The van der Waals surface area contributed by atoms with E-state index in [1.54, 1.807) is 18.2 Å². The van der Waals surface area contributed by atoms with E-state index in [-0.39, 0.29) is 33.5 Å². The van der Waals surface area contributed by atoms with Crippen LogP contribution in [-0.4, -0.2) is 18.7 Å². The average molecular weight is 313 g/mol. The molecule has 0 fully saturated rings. The van der Waals surface area contributed by atoms with Crippen molar-refractivity contribution in [2.45, 2.75) is 11.4 Å². The number of aryl methyl sites for hydroxylation is 1. The zero-order chi connectivity index (χ0) is 14.8. The maximum atomic E-state index is 12.3. The number of nitrogens with two attached hydrogens (primary N) is 1. The van der Waals surface area contributed by atoms with Crippen molar-refractivity contribution in [1.82, 2.24) is 4.57 Å². The number of nitrogens with zero attached hydrogens (tertiary/aromatic N) is 1. The normalized spacial score (nSPS) is 11.4. The van der Waals surface area contributed by atoms with Gasteiger partial charge in [-0.15, -0.1) is 0 Å². The van der Waals surface area contributed by atoms with E-state index >= 15 is 0 Å². The summed E-state index contributed by atoms with van der Waals surface area (Å²) in [6.45, 7) is 0.0483. The molecule has 0 unspecified atom stereocenters. The molecule has 0 spiro atoms. The number of nitrogen functional groups attached to an aromatic ring is 1. The van der Waals surface area contributed by atoms with Crippen LogP contribution in [0.15, 0.2) is 52.3 Å². The Morgan fingerprint density at radius 1 is 1.15 bits per heavy atom. The first-order valence-electron chi connectivity index (χ1n) is 5.84. The van der Waals surface area contributed by atoms with E-state index in [0.717, 1.165) is 0 Å². The van der Waals surface area contributed by atoms with Crippen molar-refractivity contribution in [3.63, 3.8) is 0 Å². The third-order valence-corrected chi connectivity index (χ3v) is 5.03. The summed E-state index contributed by atoms with van der Waals surface area (Å²) in [5.74, 6) is -0.245. The van der Waals surface area contributed by atoms with E-state index in [0.29, 0.717) is 0 Å². The molecule has 2 rings (SSSR count). The second kappa shape index (κ2) is 5.68. The van der Waals surface area contributed by atoms with Gasteiger partial charge >= 0.3 is 0 Å². The summed E-state index contributed by atoms with van der Waals surface area (Å²) in [5, 5.41) is 0.0883. The fourth-order valence-corrected chi connectivity index (χ4v) is 3.79. The first-order valence-corrected chi connectivity index (χ1v) is 7.87. The first kappa shape index (κ1) is 14.6. The Kier molecular flexibility index (Phi) is 4.15. The summed E-state index contributed by atoms with van der Waals surface area (Å²) < 4.78 is 25.9. The number of pyridine rings is 1. The average Bonchev–Trinajstić information content (AvgIpc) is 2.37. The van der Waals surface area contributed by atoms with Crippen LogP contribution in [0.25, 0.3) is 0 Å². The quantitative estimate of drug-likeness (QED) is 0.869. The van der Waals surface area contributed by atoms with Gasteiger partial charge in [0.2, 0.25) is 0 Å². The van der Waals surface area contributed by atoms with Crippen LogP contribution < -0.4 is 11.3 Å². The van der Waals surface area contributed by atoms with Gasteiger partial charge in [-0.25, -0.2) is 8.42 Å². The van der Waals surface area contributed by atoms with Crippen LogP contribution in [0.5, 0.6) is 0 Å². The lowest BCUT2D eigenvalue weighted by molar-refractivity contribution is 0.587. The molecule has 0 amide bonds. The molecule has 2 N–H and O–H groups in total. The second-order valence-electron chi connectivity index (χ2n) is 4.21. The highest BCUT2D eigenvalue weighted by atomic mass is 35.5. The molecule has 7 heteroatoms. The Balaban J connectivity index is 2.29. The van der Waals surface area contributed by atoms with Gasteiger partial charge in [0, 0.05) is 18.8 Å². The molecule has 1 aromatic carbocycles. The molecule has 0 aliphatic rings. The summed E-state index contributed by atoms with van der Waals surface area (Å²) in [4.78, 5) is 11.4. The molecule has 1 heterocycles. The summed E-state index contributed by atoms with van der Waals surface area (Å²) in [5.41, 5.74) is 5.53. The van der Waals surface area contributed by atoms with Crippen molar-refractivity contribution in [2.24, 2.45) is 0 Å². The van der Waals surface area contributed by atoms with E-state index < -0.39 is 9.84 Å². The van der Waals surface area contributed by atoms with Crippen molar-refractivity contribution < 1.29 is 8.42 Å². The molecule has 1 aromatic heterocycles. The summed E-state index contributed by atoms with van der Waals surface area (Å²) in [6, 6.07) is 9.17. The van der Waals surface area contributed by atoms with Gasteiger partial charge in [0.25, 0.3) is 5.56 Å². The van der Waals surface area contributed by atoms with Gasteiger partial charge in [-0.1, -0.05) is 23.7 Å². The van der Waals surface area contributed by atoms with Crippen LogP contribution >= 0.6 is 11.6 Å². The highest BCUT2D eigenvalue weighted by molar-refractivity contribution is 7.91. The first-order chi connectivity index (χ1) is 9.42. The Morgan fingerprint density at radius 2 is 1.90 bits per heavy atom. The van der Waals surface area contributed by atoms with Gasteiger partial charge in [-0.2, -0.15) is 0 Å². The molecule has 2 aromatic rings. The minimum atomic E-state index is -3.65. The molecule has 20 heavy (non-hydrogen) atoms. The predicted octanol–water partition coefficient (Wildman–Crippen LogP) is 1.56. The van der Waals surface area contributed by atoms with Gasteiger partial charge < -0.3 is 10.3 Å². The molecule has 0 radical (unpaired) electrons. The van der Waals surface area contributed by atoms with E-state index in [4.69, 9.17) is 17.3 Å². The Labute approximate surface area is 121 Å². The van der Waals surface area contributed by atoms with Crippen LogP contribution in [0.2, 0.25) is 5.02 Å². The van der Waals surface area contributed by atoms with Gasteiger partial charge in [0.15, 0.2) is 9.84 Å². The zero-order valence-electron chi connectivity index (χ0n) is 10.5. The Bertz CT molecular complexity index is 764. The molecule has 0 saturated carbocycles. The molecular formula is C13H13ClN2O3S. The third kappa shape index (κ3) is 3.02. The fraction of sp³-hybridized carbons (Fsp3) is 0.154. The maximum Gasteiger partial charge on any atom is 0.250 e. The summed E-state index contributed by atoms with van der Waals surface area (Å²) in [6.07, 6.45) is 1.54. The number of rotatable bonds is 4. The minimum Gasteiger partial charge on any atom is -0.398 e. The highest BCUT2D eigenvalue weighted by Crippen LogP contribution is 2.28. The maximum absolute atomic E-state index is 12.3. The van der Waals surface area contributed by atoms with E-state index in [9.17, 15) is 13.2 Å². The molecule has 106 valence electrons. The molecule has 0 aliphatic carbocycles. The highest BCUT2D eigenvalue weighted by Gasteiger charge is 2.21. The monoisotopic (exact) mass is 312 g/mol. The van der Waals surface area contributed by atoms with Gasteiger partial charge in [-0.05, 0) is 18.2 Å². The number of halogens is 1. The number of hydrogen-bond donors (Lipinski definition) is 1. The largest absolute Gasteiger partial charge is 0.398 e. The van der Waals surface area contributed by atoms with Crippen molar-refractivity contribution >= 4 is 27.1 Å². The number of benzene rings is 1. The summed E-state index contributed by atoms with van der Waals surface area (Å²) in [7, 11) is -3.65. The molecule has 0 atom stereocenters. The lowest BCUT2D eigenvalue weighted by Crippen LogP contribution is -2.23. The number of aromatic nitrogens is 1. The Hall–Kier alpha value is -1.79. The van der Waals surface area contributed by atoms with Gasteiger partial charge in [-0.3, -0.25) is 4.79 Å². The lowest BCUT2D eigenvalue weighted by Gasteiger charge is -2.10. The number of hydrogen-bond acceptors (Lipinski definition) is 4. The topological polar surface area (TPSA) is 82.2 Å². The zero-order valence-corrected chi connectivity index (χ0v) is 12.1. The van der Waals surface area contributed by atoms with Crippen LogP contribution in [0.1, 0.15) is 0 Å². The fourth-order valence-electron chi connectivity index (χ4n) is 1.82.